The predicted molar refractivity (Wildman–Crippen MR) is 86.1 cm³/mol. The van der Waals surface area contributed by atoms with E-state index in [1.807, 2.05) is 54.6 Å². The van der Waals surface area contributed by atoms with E-state index in [0.717, 1.165) is 17.7 Å². The van der Waals surface area contributed by atoms with Crippen molar-refractivity contribution in [1.29, 1.82) is 0 Å². The number of carbonyl (C=O) groups is 1. The lowest BCUT2D eigenvalue weighted by Gasteiger charge is -2.11. The van der Waals surface area contributed by atoms with Gasteiger partial charge in [-0.3, -0.25) is 5.21 Å². The smallest absolute Gasteiger partial charge is 0.338 e. The van der Waals surface area contributed by atoms with Crippen LogP contribution in [0.15, 0.2) is 54.6 Å². The molecule has 2 unspecified atom stereocenters. The van der Waals surface area contributed by atoms with Gasteiger partial charge in [-0.25, -0.2) is 9.86 Å². The number of nitrogens with zero attached hydrogens (tertiary/aromatic N) is 1. The minimum Gasteiger partial charge on any atom is -0.489 e. The fourth-order valence-electron chi connectivity index (χ4n) is 2.72. The third-order valence-corrected chi connectivity index (χ3v) is 4.14. The molecule has 1 saturated carbocycles. The van der Waals surface area contributed by atoms with Gasteiger partial charge >= 0.3 is 6.03 Å². The van der Waals surface area contributed by atoms with Crippen LogP contribution in [0.25, 0.3) is 0 Å². The maximum atomic E-state index is 10.8. The van der Waals surface area contributed by atoms with Crippen LogP contribution in [0, 0.1) is 5.92 Å². The van der Waals surface area contributed by atoms with Crippen molar-refractivity contribution in [2.24, 2.45) is 11.7 Å². The molecule has 120 valence electrons. The summed E-state index contributed by atoms with van der Waals surface area (Å²) in [7, 11) is 0. The van der Waals surface area contributed by atoms with Crippen LogP contribution >= 0.6 is 0 Å². The number of hydrogen-bond donors (Lipinski definition) is 2. The maximum absolute atomic E-state index is 10.8. The zero-order chi connectivity index (χ0) is 16.2. The highest BCUT2D eigenvalue weighted by molar-refractivity contribution is 5.70. The molecule has 1 aliphatic carbocycles. The van der Waals surface area contributed by atoms with Crippen LogP contribution in [-0.4, -0.2) is 22.8 Å². The van der Waals surface area contributed by atoms with Gasteiger partial charge in [-0.15, -0.1) is 0 Å². The molecule has 0 spiro atoms. The van der Waals surface area contributed by atoms with Crippen LogP contribution in [-0.2, 0) is 6.61 Å². The van der Waals surface area contributed by atoms with Crippen molar-refractivity contribution in [3.63, 3.8) is 0 Å². The molecule has 3 N–H and O–H groups in total. The monoisotopic (exact) mass is 312 g/mol. The summed E-state index contributed by atoms with van der Waals surface area (Å²) in [4.78, 5) is 10.8. The summed E-state index contributed by atoms with van der Waals surface area (Å²) in [5.74, 6) is 1.46. The van der Waals surface area contributed by atoms with Gasteiger partial charge in [0.15, 0.2) is 0 Å². The van der Waals surface area contributed by atoms with Crippen molar-refractivity contribution in [2.75, 3.05) is 6.54 Å². The van der Waals surface area contributed by atoms with Gasteiger partial charge in [0.25, 0.3) is 0 Å². The Balaban J connectivity index is 1.51. The second-order valence-electron chi connectivity index (χ2n) is 5.87. The van der Waals surface area contributed by atoms with E-state index in [1.54, 1.807) is 0 Å². The van der Waals surface area contributed by atoms with Crippen molar-refractivity contribution in [1.82, 2.24) is 5.06 Å². The summed E-state index contributed by atoms with van der Waals surface area (Å²) in [5, 5.41) is 9.95. The Morgan fingerprint density at radius 1 is 1.17 bits per heavy atom. The largest absolute Gasteiger partial charge is 0.489 e. The van der Waals surface area contributed by atoms with Crippen LogP contribution in [0.1, 0.15) is 23.5 Å². The van der Waals surface area contributed by atoms with E-state index in [4.69, 9.17) is 10.5 Å². The lowest BCUT2D eigenvalue weighted by atomic mass is 10.1. The number of ether oxygens (including phenoxy) is 1. The third kappa shape index (κ3) is 4.02. The second kappa shape index (κ2) is 6.71. The molecule has 3 rings (SSSR count). The molecule has 1 aliphatic rings. The molecule has 0 aromatic heterocycles. The van der Waals surface area contributed by atoms with Gasteiger partial charge in [0.1, 0.15) is 12.4 Å². The highest BCUT2D eigenvalue weighted by Crippen LogP contribution is 2.47. The molecule has 0 heterocycles. The van der Waals surface area contributed by atoms with E-state index in [-0.39, 0.29) is 12.5 Å². The van der Waals surface area contributed by atoms with Crippen LogP contribution in [0.4, 0.5) is 4.79 Å². The van der Waals surface area contributed by atoms with Gasteiger partial charge in [0.2, 0.25) is 0 Å². The van der Waals surface area contributed by atoms with E-state index < -0.39 is 6.03 Å². The van der Waals surface area contributed by atoms with E-state index in [0.29, 0.717) is 17.6 Å². The molecule has 5 heteroatoms. The van der Waals surface area contributed by atoms with E-state index in [1.165, 1.54) is 5.56 Å². The predicted octanol–water partition coefficient (Wildman–Crippen LogP) is 3.14. The Morgan fingerprint density at radius 2 is 1.87 bits per heavy atom. The Hall–Kier alpha value is -2.53. The van der Waals surface area contributed by atoms with Gasteiger partial charge in [-0.2, -0.15) is 0 Å². The number of urea groups is 1. The zero-order valence-electron chi connectivity index (χ0n) is 12.8. The minimum atomic E-state index is -0.805. The maximum Gasteiger partial charge on any atom is 0.338 e. The van der Waals surface area contributed by atoms with Gasteiger partial charge in [0.05, 0.1) is 6.54 Å². The Bertz CT molecular complexity index is 658. The molecular formula is C18H20N2O3. The van der Waals surface area contributed by atoms with Crippen LogP contribution in [0.3, 0.4) is 0 Å². The average molecular weight is 312 g/mol. The SMILES string of the molecule is NC(=O)N(O)CC1CC1c1ccc(OCc2ccccc2)cc1. The van der Waals surface area contributed by atoms with Gasteiger partial charge in [-0.05, 0) is 41.5 Å². The van der Waals surface area contributed by atoms with Crippen molar-refractivity contribution in [3.05, 3.63) is 65.7 Å². The van der Waals surface area contributed by atoms with E-state index in [9.17, 15) is 10.0 Å². The summed E-state index contributed by atoms with van der Waals surface area (Å²) in [5.41, 5.74) is 7.34. The first-order valence-corrected chi connectivity index (χ1v) is 7.66. The van der Waals surface area contributed by atoms with Crippen LogP contribution in [0.2, 0.25) is 0 Å². The molecule has 0 aliphatic heterocycles. The topological polar surface area (TPSA) is 75.8 Å². The number of carbonyl (C=O) groups excluding carboxylic acids is 1. The summed E-state index contributed by atoms with van der Waals surface area (Å²) < 4.78 is 5.76. The fraction of sp³-hybridized carbons (Fsp3) is 0.278. The highest BCUT2D eigenvalue weighted by atomic mass is 16.5. The lowest BCUT2D eigenvalue weighted by Crippen LogP contribution is -2.34. The number of hydroxylamine groups is 2. The molecule has 2 aromatic rings. The molecule has 5 nitrogen and oxygen atoms in total. The fourth-order valence-corrected chi connectivity index (χ4v) is 2.72. The average Bonchev–Trinajstić information content (AvgIpc) is 3.33. The summed E-state index contributed by atoms with van der Waals surface area (Å²) in [6.07, 6.45) is 0.953. The van der Waals surface area contributed by atoms with Gasteiger partial charge in [0, 0.05) is 0 Å². The minimum absolute atomic E-state index is 0.267. The summed E-state index contributed by atoms with van der Waals surface area (Å²) >= 11 is 0. The van der Waals surface area contributed by atoms with Crippen molar-refractivity contribution >= 4 is 6.03 Å². The second-order valence-corrected chi connectivity index (χ2v) is 5.87. The molecule has 23 heavy (non-hydrogen) atoms. The van der Waals surface area contributed by atoms with E-state index >= 15 is 0 Å². The molecule has 0 bridgehead atoms. The first-order chi connectivity index (χ1) is 11.1. The quantitative estimate of drug-likeness (QED) is 0.635. The number of hydrogen-bond acceptors (Lipinski definition) is 3. The van der Waals surface area contributed by atoms with Crippen molar-refractivity contribution < 1.29 is 14.7 Å². The number of benzene rings is 2. The number of amides is 2. The standard InChI is InChI=1S/C18H20N2O3/c19-18(21)20(22)11-15-10-17(15)14-6-8-16(9-7-14)23-12-13-4-2-1-3-5-13/h1-9,15,17,22H,10-12H2,(H2,19,21). The molecule has 1 fully saturated rings. The highest BCUT2D eigenvalue weighted by Gasteiger charge is 2.39. The Morgan fingerprint density at radius 3 is 2.52 bits per heavy atom. The lowest BCUT2D eigenvalue weighted by molar-refractivity contribution is -0.0431. The summed E-state index contributed by atoms with van der Waals surface area (Å²) in [6.45, 7) is 0.830. The number of primary amides is 1. The summed E-state index contributed by atoms with van der Waals surface area (Å²) in [6, 6.07) is 17.2. The Kier molecular flexibility index (Phi) is 4.48. The number of nitrogens with two attached hydrogens (primary N) is 1. The zero-order valence-corrected chi connectivity index (χ0v) is 12.8. The molecule has 2 aromatic carbocycles. The van der Waals surface area contributed by atoms with Crippen molar-refractivity contribution in [2.45, 2.75) is 18.9 Å². The normalized spacial score (nSPS) is 19.2. The molecular weight excluding hydrogens is 292 g/mol. The first kappa shape index (κ1) is 15.4. The van der Waals surface area contributed by atoms with Crippen LogP contribution < -0.4 is 10.5 Å². The van der Waals surface area contributed by atoms with E-state index in [2.05, 4.69) is 0 Å². The van der Waals surface area contributed by atoms with Gasteiger partial charge < -0.3 is 10.5 Å². The number of rotatable bonds is 6. The van der Waals surface area contributed by atoms with Crippen LogP contribution in [0.5, 0.6) is 5.75 Å². The molecule has 2 atom stereocenters. The van der Waals surface area contributed by atoms with Gasteiger partial charge in [-0.1, -0.05) is 42.5 Å². The van der Waals surface area contributed by atoms with Crippen molar-refractivity contribution in [3.8, 4) is 5.75 Å². The first-order valence-electron chi connectivity index (χ1n) is 7.66. The molecule has 0 saturated heterocycles. The third-order valence-electron chi connectivity index (χ3n) is 4.14. The molecule has 0 radical (unpaired) electrons. The Labute approximate surface area is 135 Å². The molecule has 2 amide bonds.